The van der Waals surface area contributed by atoms with Crippen LogP contribution in [0.5, 0.6) is 11.5 Å². The molecule has 3 N–H and O–H groups in total. The largest absolute Gasteiger partial charge is 0.489 e. The molecule has 2 atom stereocenters. The molecule has 0 saturated carbocycles. The molecule has 548 valence electrons. The van der Waals surface area contributed by atoms with E-state index in [1.807, 2.05) is 38.1 Å². The predicted octanol–water partition coefficient (Wildman–Crippen LogP) is 12.4. The summed E-state index contributed by atoms with van der Waals surface area (Å²) >= 11 is 0. The lowest BCUT2D eigenvalue weighted by Crippen LogP contribution is -2.48. The smallest absolute Gasteiger partial charge is 0.323 e. The minimum absolute atomic E-state index is 0.0666. The van der Waals surface area contributed by atoms with Gasteiger partial charge in [0.25, 0.3) is 10.1 Å². The molecule has 0 aliphatic carbocycles. The van der Waals surface area contributed by atoms with E-state index in [2.05, 4.69) is 76.8 Å². The Morgan fingerprint density at radius 3 is 1.10 bits per heavy atom. The van der Waals surface area contributed by atoms with Gasteiger partial charge < -0.3 is 19.7 Å². The Morgan fingerprint density at radius 1 is 0.454 bits per heavy atom. The number of sulfone groups is 1. The number of tetrazole rings is 2. The fourth-order valence-corrected chi connectivity index (χ4v) is 10.9. The number of halogens is 8. The van der Waals surface area contributed by atoms with Crippen molar-refractivity contribution in [2.75, 3.05) is 6.26 Å². The summed E-state index contributed by atoms with van der Waals surface area (Å²) in [6, 6.07) is 53.2. The summed E-state index contributed by atoms with van der Waals surface area (Å²) in [5.74, 6) is -0.392. The Morgan fingerprint density at radius 2 is 0.796 bits per heavy atom. The quantitative estimate of drug-likeness (QED) is 0.0408. The van der Waals surface area contributed by atoms with Crippen molar-refractivity contribution >= 4 is 20.0 Å². The summed E-state index contributed by atoms with van der Waals surface area (Å²) in [5.41, 5.74) is -3.11. The normalized spacial score (nSPS) is 12.3. The van der Waals surface area contributed by atoms with Crippen LogP contribution < -0.4 is 9.47 Å². The number of aromatic nitrogens is 10. The molecule has 0 aliphatic heterocycles. The molecule has 0 saturated heterocycles. The van der Waals surface area contributed by atoms with E-state index in [0.29, 0.717) is 75.1 Å². The van der Waals surface area contributed by atoms with E-state index in [0.717, 1.165) is 93.1 Å². The van der Waals surface area contributed by atoms with Crippen LogP contribution in [0.15, 0.2) is 241 Å². The molecule has 0 fully saturated rings. The van der Waals surface area contributed by atoms with Crippen LogP contribution in [-0.2, 0) is 69.3 Å². The van der Waals surface area contributed by atoms with E-state index in [9.17, 15) is 44.6 Å². The van der Waals surface area contributed by atoms with Crippen LogP contribution in [0, 0.1) is 83.5 Å². The first-order chi connectivity index (χ1) is 51.3. The second-order valence-corrected chi connectivity index (χ2v) is 27.1. The molecule has 21 nitrogen and oxygen atoms in total. The van der Waals surface area contributed by atoms with Gasteiger partial charge in [-0.15, -0.1) is 10.2 Å². The van der Waals surface area contributed by atoms with Crippen LogP contribution in [0.4, 0.5) is 35.1 Å². The molecule has 0 spiro atoms. The van der Waals surface area contributed by atoms with Crippen molar-refractivity contribution in [2.24, 2.45) is 0 Å². The average Bonchev–Trinajstić information content (AvgIpc) is 0.937. The molecule has 0 unspecified atom stereocenters. The van der Waals surface area contributed by atoms with Gasteiger partial charge in [0.15, 0.2) is 21.0 Å². The second kappa shape index (κ2) is 34.8. The number of hydrogen-bond acceptors (Lipinski definition) is 18. The summed E-state index contributed by atoms with van der Waals surface area (Å²) in [4.78, 5) is 7.91. The zero-order valence-corrected chi connectivity index (χ0v) is 58.4. The third-order valence-corrected chi connectivity index (χ3v) is 17.7. The van der Waals surface area contributed by atoms with Gasteiger partial charge in [-0.3, -0.25) is 14.5 Å². The highest BCUT2D eigenvalue weighted by molar-refractivity contribution is 7.90. The lowest BCUT2D eigenvalue weighted by molar-refractivity contribution is -0.207. The van der Waals surface area contributed by atoms with E-state index < -0.39 is 102 Å². The average molecular weight is 1510 g/mol. The third kappa shape index (κ3) is 20.8. The molecule has 31 heteroatoms. The van der Waals surface area contributed by atoms with Crippen molar-refractivity contribution in [1.82, 2.24) is 50.4 Å². The van der Waals surface area contributed by atoms with E-state index in [-0.39, 0.29) is 4.90 Å². The second-order valence-electron chi connectivity index (χ2n) is 23.6. The molecule has 12 aromatic rings. The topological polar surface area (TPSA) is 308 Å². The van der Waals surface area contributed by atoms with Crippen molar-refractivity contribution in [1.29, 1.82) is 10.5 Å². The number of aryl methyl sites for hydroxylation is 2. The van der Waals surface area contributed by atoms with E-state index >= 15 is 17.6 Å². The van der Waals surface area contributed by atoms with Crippen molar-refractivity contribution in [2.45, 2.75) is 73.0 Å². The molecule has 8 aromatic carbocycles. The molecule has 108 heavy (non-hydrogen) atoms. The maximum atomic E-state index is 15.9. The van der Waals surface area contributed by atoms with Gasteiger partial charge in [-0.2, -0.15) is 36.5 Å². The standard InChI is InChI=1S/2C31H20F4N6O2.C8H10O2S.C7H8O3S/c2*32-25-10-13-27(28(33)15-25)30(42,19-41-20-38-39-40-41)31(34,35)29-14-9-23(17-37-29)4-1-21-7-11-26(12-8-21)43-18-24-5-2-22(16-36)3-6-24;1-7-3-5-8(6-4-7)11(2,9)10;1-6-2-4-7(5-3-6)11(8,9)10/h2*2-3,5-15,17,20,42H,18-19H2;3-6H,1-2H3;2-5H,1H3,(H,8,9,10)/t2*30-;;/m10../s1. The van der Waals surface area contributed by atoms with Crippen LogP contribution in [0.3, 0.4) is 0 Å². The maximum absolute atomic E-state index is 15.9. The number of hydrogen-bond donors (Lipinski definition) is 3. The lowest BCUT2D eigenvalue weighted by atomic mass is 9.84. The Kier molecular flexibility index (Phi) is 25.5. The van der Waals surface area contributed by atoms with Crippen LogP contribution in [0.1, 0.15) is 78.1 Å². The first-order valence-electron chi connectivity index (χ1n) is 31.6. The summed E-state index contributed by atoms with van der Waals surface area (Å²) < 4.78 is 184. The van der Waals surface area contributed by atoms with Gasteiger partial charge in [0.2, 0.25) is 0 Å². The lowest BCUT2D eigenvalue weighted by Gasteiger charge is -2.35. The fourth-order valence-electron chi connectivity index (χ4n) is 9.80. The van der Waals surface area contributed by atoms with Crippen LogP contribution >= 0.6 is 0 Å². The van der Waals surface area contributed by atoms with Crippen LogP contribution in [-0.4, -0.2) is 88.2 Å². The molecular formula is C77H58F8N12O9S2. The van der Waals surface area contributed by atoms with E-state index in [1.54, 1.807) is 109 Å². The number of nitrogens with zero attached hydrogens (tertiary/aromatic N) is 12. The number of ether oxygens (including phenoxy) is 2. The highest BCUT2D eigenvalue weighted by atomic mass is 32.2. The molecule has 0 aliphatic rings. The van der Waals surface area contributed by atoms with Gasteiger partial charge in [0.1, 0.15) is 72.0 Å². The zero-order valence-electron chi connectivity index (χ0n) is 56.8. The van der Waals surface area contributed by atoms with Gasteiger partial charge in [-0.25, -0.2) is 35.3 Å². The Labute approximate surface area is 613 Å². The number of alkyl halides is 4. The van der Waals surface area contributed by atoms with Gasteiger partial charge in [0.05, 0.1) is 46.1 Å². The highest BCUT2D eigenvalue weighted by Gasteiger charge is 2.59. The number of benzene rings is 8. The molecule has 0 radical (unpaired) electrons. The van der Waals surface area contributed by atoms with Gasteiger partial charge in [-0.05, 0) is 191 Å². The summed E-state index contributed by atoms with van der Waals surface area (Å²) in [6.07, 6.45) is 5.36. The van der Waals surface area contributed by atoms with Crippen LogP contribution in [0.25, 0.3) is 0 Å². The van der Waals surface area contributed by atoms with Gasteiger partial charge >= 0.3 is 11.8 Å². The Bertz CT molecular complexity index is 5170. The summed E-state index contributed by atoms with van der Waals surface area (Å²) in [5, 5.41) is 60.7. The Hall–Kier alpha value is -12.9. The van der Waals surface area contributed by atoms with Crippen molar-refractivity contribution < 1.29 is 76.2 Å². The molecule has 4 aromatic heterocycles. The molecular weight excluding hydrogens is 1450 g/mol. The van der Waals surface area contributed by atoms with E-state index in [1.165, 1.54) is 30.5 Å². The summed E-state index contributed by atoms with van der Waals surface area (Å²) in [6.45, 7) is 2.49. The first-order valence-corrected chi connectivity index (χ1v) is 34.9. The summed E-state index contributed by atoms with van der Waals surface area (Å²) in [7, 11) is -7.04. The molecule has 0 amide bonds. The fraction of sp³-hybridized carbons (Fsp3) is 0.143. The maximum Gasteiger partial charge on any atom is 0.323 e. The SMILES string of the molecule is Cc1ccc(S(=O)(=O)O)cc1.Cc1ccc(S(C)(=O)=O)cc1.N#Cc1ccc(COc2ccc(C#Cc3ccc(C(F)(F)[C@@](O)(Cn4cnnn4)c4ccc(F)cc4F)nc3)cc2)cc1.N#Cc1ccc(COc2ccc(C#Cc3ccc(C(F)(F)[C@](O)(Cn4cnnn4)c4ccc(F)cc4F)nc3)cc2)cc1. The van der Waals surface area contributed by atoms with Crippen molar-refractivity contribution in [3.8, 4) is 47.3 Å². The van der Waals surface area contributed by atoms with Gasteiger partial charge in [-0.1, -0.05) is 83.3 Å². The number of pyridine rings is 2. The monoisotopic (exact) mass is 1510 g/mol. The molecule has 4 heterocycles. The number of nitriles is 2. The minimum Gasteiger partial charge on any atom is -0.489 e. The number of aliphatic hydroxyl groups is 2. The molecule has 12 rings (SSSR count). The molecule has 0 bridgehead atoms. The predicted molar refractivity (Wildman–Crippen MR) is 374 cm³/mol. The third-order valence-electron chi connectivity index (χ3n) is 15.7. The first kappa shape index (κ1) is 79.2. The Balaban J connectivity index is 0.000000194. The van der Waals surface area contributed by atoms with Gasteiger partial charge in [0, 0.05) is 64.2 Å². The highest BCUT2D eigenvalue weighted by Crippen LogP contribution is 2.48. The van der Waals surface area contributed by atoms with Crippen molar-refractivity contribution in [3.63, 3.8) is 0 Å². The van der Waals surface area contributed by atoms with E-state index in [4.69, 9.17) is 24.6 Å². The van der Waals surface area contributed by atoms with Crippen LogP contribution in [0.2, 0.25) is 0 Å². The number of rotatable bonds is 18. The van der Waals surface area contributed by atoms with Crippen molar-refractivity contribution in [3.05, 3.63) is 333 Å². The minimum atomic E-state index is -4.17. The zero-order chi connectivity index (χ0) is 77.9.